The highest BCUT2D eigenvalue weighted by Crippen LogP contribution is 2.27. The Bertz CT molecular complexity index is 679. The highest BCUT2D eigenvalue weighted by molar-refractivity contribution is 7.92. The Hall–Kier alpha value is -1.93. The van der Waals surface area contributed by atoms with E-state index in [0.29, 0.717) is 17.1 Å². The van der Waals surface area contributed by atoms with Crippen molar-refractivity contribution in [1.82, 2.24) is 10.2 Å². The second-order valence-corrected chi connectivity index (χ2v) is 5.56. The van der Waals surface area contributed by atoms with Crippen molar-refractivity contribution in [2.45, 2.75) is 25.3 Å². The van der Waals surface area contributed by atoms with Gasteiger partial charge in [0.2, 0.25) is 0 Å². The Morgan fingerprint density at radius 2 is 2.11 bits per heavy atom. The van der Waals surface area contributed by atoms with Gasteiger partial charge in [-0.3, -0.25) is 4.72 Å². The van der Waals surface area contributed by atoms with Crippen LogP contribution in [0.2, 0.25) is 0 Å². The summed E-state index contributed by atoms with van der Waals surface area (Å²) in [6.07, 6.45) is 1.45. The van der Waals surface area contributed by atoms with Gasteiger partial charge in [0.1, 0.15) is 16.4 Å². The molecule has 0 atom stereocenters. The molecule has 0 fully saturated rings. The topological polar surface area (TPSA) is 111 Å². The van der Waals surface area contributed by atoms with Crippen LogP contribution < -0.4 is 10.5 Å². The third-order valence-electron chi connectivity index (χ3n) is 2.61. The number of aromatic nitrogens is 2. The summed E-state index contributed by atoms with van der Waals surface area (Å²) in [6.45, 7) is 3.34. The van der Waals surface area contributed by atoms with Crippen molar-refractivity contribution in [1.29, 1.82) is 0 Å². The maximum absolute atomic E-state index is 12.3. The average molecular weight is 282 g/mol. The van der Waals surface area contributed by atoms with Gasteiger partial charge in [-0.2, -0.15) is 5.10 Å². The summed E-state index contributed by atoms with van der Waals surface area (Å²) in [5, 5.41) is 7.29. The van der Waals surface area contributed by atoms with Crippen LogP contribution in [0.4, 0.5) is 5.82 Å². The van der Waals surface area contributed by atoms with Crippen LogP contribution in [-0.2, 0) is 16.6 Å². The van der Waals surface area contributed by atoms with Gasteiger partial charge in [-0.1, -0.05) is 0 Å². The lowest BCUT2D eigenvalue weighted by Crippen LogP contribution is -2.17. The predicted molar refractivity (Wildman–Crippen MR) is 68.9 cm³/mol. The monoisotopic (exact) mass is 282 g/mol. The summed E-state index contributed by atoms with van der Waals surface area (Å²) in [4.78, 5) is 0.0677. The molecule has 0 aliphatic carbocycles. The Labute approximate surface area is 110 Å². The summed E-state index contributed by atoms with van der Waals surface area (Å²) in [5.41, 5.74) is 6.04. The van der Waals surface area contributed by atoms with E-state index in [0.717, 1.165) is 0 Å². The fourth-order valence-corrected chi connectivity index (χ4v) is 3.30. The SMILES string of the molecule is Cc1oc(C)c(S(=O)(=O)Nc2cccnn2)c1CN. The molecule has 0 radical (unpaired) electrons. The quantitative estimate of drug-likeness (QED) is 0.863. The number of nitrogens with two attached hydrogens (primary N) is 1. The molecule has 2 aromatic heterocycles. The molecule has 0 aromatic carbocycles. The van der Waals surface area contributed by atoms with Gasteiger partial charge >= 0.3 is 0 Å². The fraction of sp³-hybridized carbons (Fsp3) is 0.273. The third kappa shape index (κ3) is 2.59. The molecule has 0 bridgehead atoms. The highest BCUT2D eigenvalue weighted by Gasteiger charge is 2.26. The van der Waals surface area contributed by atoms with E-state index in [-0.39, 0.29) is 17.3 Å². The molecule has 0 aliphatic rings. The van der Waals surface area contributed by atoms with Crippen LogP contribution in [0.15, 0.2) is 27.6 Å². The summed E-state index contributed by atoms with van der Waals surface area (Å²) < 4.78 is 32.3. The lowest BCUT2D eigenvalue weighted by Gasteiger charge is -2.07. The van der Waals surface area contributed by atoms with Gasteiger partial charge in [0.15, 0.2) is 5.82 Å². The Morgan fingerprint density at radius 3 is 2.68 bits per heavy atom. The fourth-order valence-electron chi connectivity index (χ4n) is 1.84. The van der Waals surface area contributed by atoms with Gasteiger partial charge in [-0.25, -0.2) is 8.42 Å². The van der Waals surface area contributed by atoms with E-state index in [1.165, 1.54) is 12.3 Å². The number of hydrogen-bond acceptors (Lipinski definition) is 6. The number of nitrogens with zero attached hydrogens (tertiary/aromatic N) is 2. The zero-order valence-corrected chi connectivity index (χ0v) is 11.4. The number of hydrogen-bond donors (Lipinski definition) is 2. The van der Waals surface area contributed by atoms with Gasteiger partial charge in [0.05, 0.1) is 0 Å². The van der Waals surface area contributed by atoms with Crippen molar-refractivity contribution in [3.05, 3.63) is 35.4 Å². The summed E-state index contributed by atoms with van der Waals surface area (Å²) in [7, 11) is -3.79. The molecule has 0 unspecified atom stereocenters. The molecule has 2 heterocycles. The van der Waals surface area contributed by atoms with Gasteiger partial charge < -0.3 is 10.2 Å². The minimum Gasteiger partial charge on any atom is -0.465 e. The largest absolute Gasteiger partial charge is 0.465 e. The predicted octanol–water partition coefficient (Wildman–Crippen LogP) is 0.946. The summed E-state index contributed by atoms with van der Waals surface area (Å²) in [5.74, 6) is 0.942. The van der Waals surface area contributed by atoms with Crippen LogP contribution in [0.1, 0.15) is 17.1 Å². The first-order valence-electron chi connectivity index (χ1n) is 5.55. The molecule has 102 valence electrons. The smallest absolute Gasteiger partial charge is 0.266 e. The molecule has 7 nitrogen and oxygen atoms in total. The maximum Gasteiger partial charge on any atom is 0.266 e. The Kier molecular flexibility index (Phi) is 3.54. The zero-order valence-electron chi connectivity index (χ0n) is 10.5. The molecule has 0 saturated heterocycles. The molecule has 19 heavy (non-hydrogen) atoms. The first-order valence-corrected chi connectivity index (χ1v) is 7.03. The zero-order chi connectivity index (χ0) is 14.0. The van der Waals surface area contributed by atoms with Crippen molar-refractivity contribution >= 4 is 15.8 Å². The second kappa shape index (κ2) is 4.98. The first-order chi connectivity index (χ1) is 8.95. The molecule has 0 spiro atoms. The van der Waals surface area contributed by atoms with Crippen LogP contribution >= 0.6 is 0 Å². The van der Waals surface area contributed by atoms with E-state index in [1.54, 1.807) is 19.9 Å². The number of nitrogens with one attached hydrogen (secondary N) is 1. The van der Waals surface area contributed by atoms with E-state index < -0.39 is 10.0 Å². The van der Waals surface area contributed by atoms with Crippen LogP contribution in [0.3, 0.4) is 0 Å². The van der Waals surface area contributed by atoms with E-state index in [4.69, 9.17) is 10.2 Å². The van der Waals surface area contributed by atoms with Crippen molar-refractivity contribution in [3.63, 3.8) is 0 Å². The van der Waals surface area contributed by atoms with E-state index in [1.807, 2.05) is 0 Å². The first kappa shape index (κ1) is 13.5. The van der Waals surface area contributed by atoms with Crippen molar-refractivity contribution in [2.75, 3.05) is 4.72 Å². The molecule has 0 saturated carbocycles. The second-order valence-electron chi connectivity index (χ2n) is 3.94. The molecular formula is C11H14N4O3S. The van der Waals surface area contributed by atoms with Crippen molar-refractivity contribution in [3.8, 4) is 0 Å². The minimum absolute atomic E-state index is 0.0677. The van der Waals surface area contributed by atoms with E-state index >= 15 is 0 Å². The molecule has 8 heteroatoms. The van der Waals surface area contributed by atoms with Gasteiger partial charge in [0, 0.05) is 18.3 Å². The van der Waals surface area contributed by atoms with Crippen LogP contribution in [0, 0.1) is 13.8 Å². The maximum atomic E-state index is 12.3. The van der Waals surface area contributed by atoms with Crippen molar-refractivity contribution in [2.24, 2.45) is 5.73 Å². The van der Waals surface area contributed by atoms with Gasteiger partial charge in [-0.15, -0.1) is 5.10 Å². The molecule has 0 amide bonds. The molecule has 0 aliphatic heterocycles. The number of rotatable bonds is 4. The van der Waals surface area contributed by atoms with E-state index in [2.05, 4.69) is 14.9 Å². The number of sulfonamides is 1. The summed E-state index contributed by atoms with van der Waals surface area (Å²) in [6, 6.07) is 3.09. The number of aryl methyl sites for hydroxylation is 2. The normalized spacial score (nSPS) is 11.5. The van der Waals surface area contributed by atoms with E-state index in [9.17, 15) is 8.42 Å². The Morgan fingerprint density at radius 1 is 1.37 bits per heavy atom. The van der Waals surface area contributed by atoms with Gasteiger partial charge in [-0.05, 0) is 26.0 Å². The number of anilines is 1. The Balaban J connectivity index is 2.46. The van der Waals surface area contributed by atoms with Gasteiger partial charge in [0.25, 0.3) is 10.0 Å². The van der Waals surface area contributed by atoms with Crippen LogP contribution in [0.25, 0.3) is 0 Å². The standard InChI is InChI=1S/C11H14N4O3S/c1-7-9(6-12)11(8(2)18-7)19(16,17)15-10-4-3-5-13-14-10/h3-5H,6,12H2,1-2H3,(H,14,15). The van der Waals surface area contributed by atoms with Crippen LogP contribution in [-0.4, -0.2) is 18.6 Å². The molecular weight excluding hydrogens is 268 g/mol. The lowest BCUT2D eigenvalue weighted by atomic mass is 10.2. The van der Waals surface area contributed by atoms with Crippen LogP contribution in [0.5, 0.6) is 0 Å². The number of furan rings is 1. The molecule has 2 rings (SSSR count). The summed E-state index contributed by atoms with van der Waals surface area (Å²) >= 11 is 0. The minimum atomic E-state index is -3.79. The van der Waals surface area contributed by atoms with Crippen molar-refractivity contribution < 1.29 is 12.8 Å². The lowest BCUT2D eigenvalue weighted by molar-refractivity contribution is 0.494. The highest BCUT2D eigenvalue weighted by atomic mass is 32.2. The molecule has 2 aromatic rings. The third-order valence-corrected chi connectivity index (χ3v) is 4.16. The average Bonchev–Trinajstić information content (AvgIpc) is 2.64. The molecule has 3 N–H and O–H groups in total.